The van der Waals surface area contributed by atoms with Crippen molar-refractivity contribution >= 4 is 0 Å². The molecule has 0 amide bonds. The zero-order valence-electron chi connectivity index (χ0n) is 11.6. The van der Waals surface area contributed by atoms with E-state index in [1.807, 2.05) is 25.1 Å². The summed E-state index contributed by atoms with van der Waals surface area (Å²) in [7, 11) is 0. The highest BCUT2D eigenvalue weighted by molar-refractivity contribution is 5.24. The second kappa shape index (κ2) is 6.38. The van der Waals surface area contributed by atoms with Crippen LogP contribution in [-0.2, 0) is 13.2 Å². The molecule has 0 radical (unpaired) electrons. The van der Waals surface area contributed by atoms with Crippen LogP contribution in [0.3, 0.4) is 0 Å². The maximum Gasteiger partial charge on any atom is 0.214 e. The van der Waals surface area contributed by atoms with Crippen LogP contribution in [0.5, 0.6) is 5.88 Å². The molecule has 0 saturated heterocycles. The largest absolute Gasteiger partial charge is 0.469 e. The minimum Gasteiger partial charge on any atom is -0.469 e. The summed E-state index contributed by atoms with van der Waals surface area (Å²) in [4.78, 5) is 4.37. The highest BCUT2D eigenvalue weighted by Gasteiger charge is 2.04. The van der Waals surface area contributed by atoms with Gasteiger partial charge in [0.05, 0.1) is 6.26 Å². The fourth-order valence-corrected chi connectivity index (χ4v) is 1.74. The van der Waals surface area contributed by atoms with Gasteiger partial charge in [-0.05, 0) is 30.7 Å². The van der Waals surface area contributed by atoms with Gasteiger partial charge in [-0.1, -0.05) is 13.8 Å². The molecule has 4 nitrogen and oxygen atoms in total. The van der Waals surface area contributed by atoms with Gasteiger partial charge in [-0.2, -0.15) is 0 Å². The van der Waals surface area contributed by atoms with E-state index in [4.69, 9.17) is 9.15 Å². The Morgan fingerprint density at radius 3 is 2.89 bits per heavy atom. The molecule has 0 spiro atoms. The zero-order chi connectivity index (χ0) is 13.7. The molecule has 0 aliphatic heterocycles. The van der Waals surface area contributed by atoms with Crippen LogP contribution >= 0.6 is 0 Å². The molecule has 2 aromatic rings. The molecule has 1 N–H and O–H groups in total. The van der Waals surface area contributed by atoms with Crippen molar-refractivity contribution in [3.8, 4) is 5.88 Å². The summed E-state index contributed by atoms with van der Waals surface area (Å²) in [6, 6.07) is 8.22. The lowest BCUT2D eigenvalue weighted by Crippen LogP contribution is -2.21. The van der Waals surface area contributed by atoms with Crippen molar-refractivity contribution in [2.24, 2.45) is 0 Å². The van der Waals surface area contributed by atoms with Crippen LogP contribution in [0, 0.1) is 6.92 Å². The van der Waals surface area contributed by atoms with Gasteiger partial charge in [-0.15, -0.1) is 0 Å². The van der Waals surface area contributed by atoms with Crippen LogP contribution in [0.4, 0.5) is 0 Å². The number of ether oxygens (including phenoxy) is 1. The monoisotopic (exact) mass is 260 g/mol. The van der Waals surface area contributed by atoms with E-state index in [1.165, 1.54) is 5.56 Å². The molecule has 0 saturated carbocycles. The Labute approximate surface area is 113 Å². The average Bonchev–Trinajstić information content (AvgIpc) is 2.86. The molecule has 0 aliphatic rings. The molecule has 4 heteroatoms. The van der Waals surface area contributed by atoms with E-state index in [0.717, 1.165) is 18.0 Å². The van der Waals surface area contributed by atoms with E-state index in [2.05, 4.69) is 30.2 Å². The third kappa shape index (κ3) is 4.41. The van der Waals surface area contributed by atoms with Crippen molar-refractivity contribution in [2.75, 3.05) is 0 Å². The third-order valence-electron chi connectivity index (χ3n) is 2.65. The average molecular weight is 260 g/mol. The Morgan fingerprint density at radius 2 is 2.21 bits per heavy atom. The third-order valence-corrected chi connectivity index (χ3v) is 2.65. The topological polar surface area (TPSA) is 47.3 Å². The molecule has 0 atom stereocenters. The molecule has 0 aromatic carbocycles. The van der Waals surface area contributed by atoms with E-state index in [0.29, 0.717) is 18.5 Å². The molecule has 2 rings (SSSR count). The number of nitrogens with one attached hydrogen (secondary N) is 1. The van der Waals surface area contributed by atoms with Crippen LogP contribution in [0.25, 0.3) is 0 Å². The maximum absolute atomic E-state index is 5.65. The molecule has 0 fully saturated rings. The van der Waals surface area contributed by atoms with Gasteiger partial charge in [0, 0.05) is 24.3 Å². The first kappa shape index (κ1) is 13.6. The number of rotatable bonds is 6. The van der Waals surface area contributed by atoms with Crippen molar-refractivity contribution in [2.45, 2.75) is 40.0 Å². The number of nitrogens with zero attached hydrogens (tertiary/aromatic N) is 1. The SMILES string of the molecule is Cc1cc(CNC(C)C)cc(OCc2ccco2)n1. The number of aromatic nitrogens is 1. The first-order valence-corrected chi connectivity index (χ1v) is 6.49. The lowest BCUT2D eigenvalue weighted by Gasteiger charge is -2.10. The quantitative estimate of drug-likeness (QED) is 0.867. The Balaban J connectivity index is 1.99. The minimum atomic E-state index is 0.403. The summed E-state index contributed by atoms with van der Waals surface area (Å²) >= 11 is 0. The molecule has 0 bridgehead atoms. The molecule has 2 heterocycles. The highest BCUT2D eigenvalue weighted by Crippen LogP contribution is 2.14. The predicted molar refractivity (Wildman–Crippen MR) is 74.0 cm³/mol. The molecular weight excluding hydrogens is 240 g/mol. The van der Waals surface area contributed by atoms with Crippen LogP contribution in [0.2, 0.25) is 0 Å². The number of pyridine rings is 1. The van der Waals surface area contributed by atoms with E-state index < -0.39 is 0 Å². The molecule has 19 heavy (non-hydrogen) atoms. The summed E-state index contributed by atoms with van der Waals surface area (Å²) in [5, 5.41) is 3.38. The standard InChI is InChI=1S/C15H20N2O2/c1-11(2)16-9-13-7-12(3)17-15(8-13)19-10-14-5-4-6-18-14/h4-8,11,16H,9-10H2,1-3H3. The maximum atomic E-state index is 5.65. The summed E-state index contributed by atoms with van der Waals surface area (Å²) < 4.78 is 10.9. The van der Waals surface area contributed by atoms with Gasteiger partial charge < -0.3 is 14.5 Å². The van der Waals surface area contributed by atoms with Gasteiger partial charge in [0.2, 0.25) is 5.88 Å². The minimum absolute atomic E-state index is 0.403. The molecule has 0 aliphatic carbocycles. The molecular formula is C15H20N2O2. The summed E-state index contributed by atoms with van der Waals surface area (Å²) in [6.45, 7) is 7.45. The zero-order valence-corrected chi connectivity index (χ0v) is 11.6. The van der Waals surface area contributed by atoms with Crippen LogP contribution in [-0.4, -0.2) is 11.0 Å². The summed E-state index contributed by atoms with van der Waals surface area (Å²) in [5.74, 6) is 1.43. The van der Waals surface area contributed by atoms with Gasteiger partial charge in [0.15, 0.2) is 0 Å². The van der Waals surface area contributed by atoms with Crippen molar-refractivity contribution in [3.05, 3.63) is 47.5 Å². The van der Waals surface area contributed by atoms with Gasteiger partial charge in [0.25, 0.3) is 0 Å². The molecule has 102 valence electrons. The van der Waals surface area contributed by atoms with Crippen LogP contribution in [0.1, 0.15) is 30.9 Å². The Bertz CT molecular complexity index is 507. The Hall–Kier alpha value is -1.81. The molecule has 0 unspecified atom stereocenters. The van der Waals surface area contributed by atoms with E-state index >= 15 is 0 Å². The molecule has 2 aromatic heterocycles. The number of hydrogen-bond donors (Lipinski definition) is 1. The summed E-state index contributed by atoms with van der Waals surface area (Å²) in [6.07, 6.45) is 1.64. The van der Waals surface area contributed by atoms with Crippen LogP contribution in [0.15, 0.2) is 34.9 Å². The van der Waals surface area contributed by atoms with E-state index in [-0.39, 0.29) is 0 Å². The van der Waals surface area contributed by atoms with Gasteiger partial charge in [-0.25, -0.2) is 4.98 Å². The van der Waals surface area contributed by atoms with E-state index in [9.17, 15) is 0 Å². The highest BCUT2D eigenvalue weighted by atomic mass is 16.5. The van der Waals surface area contributed by atoms with Crippen molar-refractivity contribution in [1.82, 2.24) is 10.3 Å². The fraction of sp³-hybridized carbons (Fsp3) is 0.400. The lowest BCUT2D eigenvalue weighted by atomic mass is 10.2. The Morgan fingerprint density at radius 1 is 1.37 bits per heavy atom. The second-order valence-electron chi connectivity index (χ2n) is 4.86. The fourth-order valence-electron chi connectivity index (χ4n) is 1.74. The van der Waals surface area contributed by atoms with Crippen LogP contribution < -0.4 is 10.1 Å². The number of furan rings is 1. The van der Waals surface area contributed by atoms with Gasteiger partial charge >= 0.3 is 0 Å². The second-order valence-corrected chi connectivity index (χ2v) is 4.86. The number of hydrogen-bond acceptors (Lipinski definition) is 4. The lowest BCUT2D eigenvalue weighted by molar-refractivity contribution is 0.260. The normalized spacial score (nSPS) is 10.9. The first-order valence-electron chi connectivity index (χ1n) is 6.49. The van der Waals surface area contributed by atoms with Gasteiger partial charge in [0.1, 0.15) is 12.4 Å². The predicted octanol–water partition coefficient (Wildman–Crippen LogP) is 3.06. The summed E-state index contributed by atoms with van der Waals surface area (Å²) in [5.41, 5.74) is 2.13. The van der Waals surface area contributed by atoms with Crippen molar-refractivity contribution in [1.29, 1.82) is 0 Å². The van der Waals surface area contributed by atoms with E-state index in [1.54, 1.807) is 6.26 Å². The van der Waals surface area contributed by atoms with Crippen molar-refractivity contribution < 1.29 is 9.15 Å². The number of aryl methyl sites for hydroxylation is 1. The first-order chi connectivity index (χ1) is 9.13. The van der Waals surface area contributed by atoms with Crippen molar-refractivity contribution in [3.63, 3.8) is 0 Å². The van der Waals surface area contributed by atoms with Gasteiger partial charge in [-0.3, -0.25) is 0 Å². The smallest absolute Gasteiger partial charge is 0.214 e. The Kier molecular flexibility index (Phi) is 4.58.